The van der Waals surface area contributed by atoms with Gasteiger partial charge in [0.1, 0.15) is 5.82 Å². The van der Waals surface area contributed by atoms with Gasteiger partial charge < -0.3 is 8.98 Å². The smallest absolute Gasteiger partial charge is 0.123 e. The van der Waals surface area contributed by atoms with Gasteiger partial charge in [-0.05, 0) is 30.3 Å². The number of hydrogen-bond donors (Lipinski definition) is 0. The Bertz CT molecular complexity index is 610. The maximum absolute atomic E-state index is 13.0. The van der Waals surface area contributed by atoms with E-state index in [1.165, 1.54) is 6.07 Å². The zero-order valence-electron chi connectivity index (χ0n) is 8.56. The molecule has 0 atom stereocenters. The van der Waals surface area contributed by atoms with Gasteiger partial charge in [0.15, 0.2) is 0 Å². The molecule has 2 heterocycles. The highest BCUT2D eigenvalue weighted by Crippen LogP contribution is 2.18. The van der Waals surface area contributed by atoms with E-state index in [0.29, 0.717) is 0 Å². The fraction of sp³-hybridized carbons (Fsp3) is 0.0769. The van der Waals surface area contributed by atoms with Crippen molar-refractivity contribution in [3.63, 3.8) is 0 Å². The van der Waals surface area contributed by atoms with Gasteiger partial charge in [-0.25, -0.2) is 4.39 Å². The molecule has 0 saturated carbocycles. The van der Waals surface area contributed by atoms with Crippen LogP contribution in [-0.2, 0) is 6.54 Å². The summed E-state index contributed by atoms with van der Waals surface area (Å²) < 4.78 is 20.1. The first kappa shape index (κ1) is 9.21. The van der Waals surface area contributed by atoms with Crippen LogP contribution in [0.3, 0.4) is 0 Å². The van der Waals surface area contributed by atoms with Gasteiger partial charge in [0.05, 0.1) is 19.1 Å². The number of rotatable bonds is 2. The first-order chi connectivity index (χ1) is 7.83. The minimum Gasteiger partial charge on any atom is -0.472 e. The van der Waals surface area contributed by atoms with Crippen molar-refractivity contribution in [3.8, 4) is 0 Å². The highest BCUT2D eigenvalue weighted by Gasteiger charge is 2.03. The maximum Gasteiger partial charge on any atom is 0.123 e. The van der Waals surface area contributed by atoms with E-state index in [2.05, 4.69) is 4.57 Å². The Morgan fingerprint density at radius 1 is 1.19 bits per heavy atom. The normalized spacial score (nSPS) is 11.1. The highest BCUT2D eigenvalue weighted by molar-refractivity contribution is 5.80. The molecule has 2 aromatic heterocycles. The van der Waals surface area contributed by atoms with Crippen LogP contribution < -0.4 is 0 Å². The van der Waals surface area contributed by atoms with E-state index in [1.807, 2.05) is 18.3 Å². The molecule has 3 rings (SSSR count). The van der Waals surface area contributed by atoms with E-state index in [4.69, 9.17) is 4.42 Å². The van der Waals surface area contributed by atoms with Crippen molar-refractivity contribution in [2.24, 2.45) is 0 Å². The standard InChI is InChI=1S/C13H10FNO/c14-12-1-2-13-11(7-12)3-5-15(13)8-10-4-6-16-9-10/h1-7,9H,8H2. The molecule has 2 nitrogen and oxygen atoms in total. The van der Waals surface area contributed by atoms with Gasteiger partial charge in [0.25, 0.3) is 0 Å². The van der Waals surface area contributed by atoms with E-state index in [9.17, 15) is 4.39 Å². The van der Waals surface area contributed by atoms with Crippen molar-refractivity contribution in [1.29, 1.82) is 0 Å². The molecule has 80 valence electrons. The zero-order chi connectivity index (χ0) is 11.0. The van der Waals surface area contributed by atoms with Crippen LogP contribution in [0.1, 0.15) is 5.56 Å². The number of furan rings is 1. The van der Waals surface area contributed by atoms with Crippen LogP contribution in [0.5, 0.6) is 0 Å². The minimum absolute atomic E-state index is 0.200. The fourth-order valence-electron chi connectivity index (χ4n) is 1.89. The minimum atomic E-state index is -0.200. The first-order valence-electron chi connectivity index (χ1n) is 5.08. The van der Waals surface area contributed by atoms with Gasteiger partial charge in [-0.2, -0.15) is 0 Å². The van der Waals surface area contributed by atoms with E-state index in [-0.39, 0.29) is 5.82 Å². The molecule has 3 heteroatoms. The van der Waals surface area contributed by atoms with Crippen LogP contribution in [0.2, 0.25) is 0 Å². The van der Waals surface area contributed by atoms with E-state index in [1.54, 1.807) is 24.7 Å². The molecule has 0 bridgehead atoms. The monoisotopic (exact) mass is 215 g/mol. The first-order valence-corrected chi connectivity index (χ1v) is 5.08. The van der Waals surface area contributed by atoms with Gasteiger partial charge in [0, 0.05) is 22.7 Å². The van der Waals surface area contributed by atoms with Crippen molar-refractivity contribution in [2.75, 3.05) is 0 Å². The Kier molecular flexibility index (Phi) is 2.03. The molecule has 0 aliphatic heterocycles. The van der Waals surface area contributed by atoms with Crippen LogP contribution in [0.25, 0.3) is 10.9 Å². The summed E-state index contributed by atoms with van der Waals surface area (Å²) in [5.74, 6) is -0.200. The predicted molar refractivity (Wildman–Crippen MR) is 59.7 cm³/mol. The summed E-state index contributed by atoms with van der Waals surface area (Å²) in [5, 5.41) is 0.920. The summed E-state index contributed by atoms with van der Waals surface area (Å²) in [6.07, 6.45) is 5.33. The van der Waals surface area contributed by atoms with Crippen LogP contribution in [0.4, 0.5) is 4.39 Å². The van der Waals surface area contributed by atoms with Gasteiger partial charge in [-0.1, -0.05) is 0 Å². The van der Waals surface area contributed by atoms with Gasteiger partial charge in [-0.15, -0.1) is 0 Å². The van der Waals surface area contributed by atoms with Crippen LogP contribution in [0, 0.1) is 5.82 Å². The molecular weight excluding hydrogens is 205 g/mol. The second-order valence-corrected chi connectivity index (χ2v) is 3.78. The van der Waals surface area contributed by atoms with Crippen LogP contribution in [-0.4, -0.2) is 4.57 Å². The lowest BCUT2D eigenvalue weighted by molar-refractivity contribution is 0.562. The van der Waals surface area contributed by atoms with Crippen molar-refractivity contribution in [2.45, 2.75) is 6.54 Å². The number of benzene rings is 1. The number of hydrogen-bond acceptors (Lipinski definition) is 1. The Morgan fingerprint density at radius 2 is 2.12 bits per heavy atom. The average molecular weight is 215 g/mol. The number of aromatic nitrogens is 1. The quantitative estimate of drug-likeness (QED) is 0.640. The number of fused-ring (bicyclic) bond motifs is 1. The van der Waals surface area contributed by atoms with E-state index < -0.39 is 0 Å². The second-order valence-electron chi connectivity index (χ2n) is 3.78. The largest absolute Gasteiger partial charge is 0.472 e. The summed E-state index contributed by atoms with van der Waals surface area (Å²) in [5.41, 5.74) is 2.13. The lowest BCUT2D eigenvalue weighted by atomic mass is 10.2. The third kappa shape index (κ3) is 1.50. The molecule has 0 saturated heterocycles. The third-order valence-corrected chi connectivity index (χ3v) is 2.67. The van der Waals surface area contributed by atoms with E-state index >= 15 is 0 Å². The van der Waals surface area contributed by atoms with Crippen molar-refractivity contribution >= 4 is 10.9 Å². The molecule has 3 aromatic rings. The summed E-state index contributed by atoms with van der Waals surface area (Å²) in [6.45, 7) is 0.742. The Morgan fingerprint density at radius 3 is 2.94 bits per heavy atom. The predicted octanol–water partition coefficient (Wildman–Crippen LogP) is 3.42. The van der Waals surface area contributed by atoms with Crippen molar-refractivity contribution < 1.29 is 8.81 Å². The summed E-state index contributed by atoms with van der Waals surface area (Å²) in [6, 6.07) is 8.66. The van der Waals surface area contributed by atoms with Crippen LogP contribution >= 0.6 is 0 Å². The Labute approximate surface area is 91.9 Å². The molecule has 0 radical (unpaired) electrons. The highest BCUT2D eigenvalue weighted by atomic mass is 19.1. The van der Waals surface area contributed by atoms with Gasteiger partial charge >= 0.3 is 0 Å². The van der Waals surface area contributed by atoms with Gasteiger partial charge in [0.2, 0.25) is 0 Å². The van der Waals surface area contributed by atoms with Gasteiger partial charge in [-0.3, -0.25) is 0 Å². The second kappa shape index (κ2) is 3.52. The molecule has 0 spiro atoms. The zero-order valence-corrected chi connectivity index (χ0v) is 8.56. The average Bonchev–Trinajstić information content (AvgIpc) is 2.89. The summed E-state index contributed by atoms with van der Waals surface area (Å²) in [4.78, 5) is 0. The molecule has 1 aromatic carbocycles. The fourth-order valence-corrected chi connectivity index (χ4v) is 1.89. The molecule has 0 aliphatic carbocycles. The third-order valence-electron chi connectivity index (χ3n) is 2.67. The van der Waals surface area contributed by atoms with E-state index in [0.717, 1.165) is 23.0 Å². The number of nitrogens with zero attached hydrogens (tertiary/aromatic N) is 1. The Hall–Kier alpha value is -2.03. The molecule has 0 N–H and O–H groups in total. The maximum atomic E-state index is 13.0. The van der Waals surface area contributed by atoms with Crippen molar-refractivity contribution in [3.05, 3.63) is 60.4 Å². The molecule has 0 unspecified atom stereocenters. The van der Waals surface area contributed by atoms with Crippen LogP contribution in [0.15, 0.2) is 53.5 Å². The molecule has 0 aliphatic rings. The topological polar surface area (TPSA) is 18.1 Å². The molecule has 0 amide bonds. The summed E-state index contributed by atoms with van der Waals surface area (Å²) >= 11 is 0. The SMILES string of the molecule is Fc1ccc2c(ccn2Cc2ccoc2)c1. The lowest BCUT2D eigenvalue weighted by Gasteiger charge is -2.02. The van der Waals surface area contributed by atoms with Crippen molar-refractivity contribution in [1.82, 2.24) is 4.57 Å². The lowest BCUT2D eigenvalue weighted by Crippen LogP contribution is -1.95. The molecular formula is C13H10FNO. The molecule has 16 heavy (non-hydrogen) atoms. The number of halogens is 1. The Balaban J connectivity index is 2.04. The molecule has 0 fully saturated rings. The summed E-state index contributed by atoms with van der Waals surface area (Å²) in [7, 11) is 0.